The lowest BCUT2D eigenvalue weighted by molar-refractivity contribution is 0.395. The zero-order chi connectivity index (χ0) is 13.0. The largest absolute Gasteiger partial charge is 0.496 e. The first kappa shape index (κ1) is 13.1. The predicted octanol–water partition coefficient (Wildman–Crippen LogP) is 2.84. The molecule has 1 atom stereocenters. The van der Waals surface area contributed by atoms with E-state index in [0.717, 1.165) is 24.8 Å². The standard InChI is InChI=1S/C14H19FN2O/c1-18-12-9-5-8-11(15)13(12)14(17-16)10-6-3-2-4-7-10/h5-6,8-9,14,17H,2-4,7,16H2,1H3. The van der Waals surface area contributed by atoms with Crippen molar-refractivity contribution >= 4 is 0 Å². The third-order valence-corrected chi connectivity index (χ3v) is 3.39. The predicted molar refractivity (Wildman–Crippen MR) is 69.6 cm³/mol. The minimum Gasteiger partial charge on any atom is -0.496 e. The molecule has 3 nitrogen and oxygen atoms in total. The van der Waals surface area contributed by atoms with E-state index in [1.807, 2.05) is 0 Å². The molecule has 18 heavy (non-hydrogen) atoms. The lowest BCUT2D eigenvalue weighted by Crippen LogP contribution is -2.31. The van der Waals surface area contributed by atoms with E-state index < -0.39 is 0 Å². The van der Waals surface area contributed by atoms with E-state index in [-0.39, 0.29) is 11.9 Å². The molecule has 0 aromatic heterocycles. The van der Waals surface area contributed by atoms with Gasteiger partial charge in [0.05, 0.1) is 18.7 Å². The first-order valence-corrected chi connectivity index (χ1v) is 6.25. The summed E-state index contributed by atoms with van der Waals surface area (Å²) in [6.07, 6.45) is 6.45. The fourth-order valence-corrected chi connectivity index (χ4v) is 2.48. The number of methoxy groups -OCH3 is 1. The van der Waals surface area contributed by atoms with Crippen molar-refractivity contribution in [3.8, 4) is 5.75 Å². The number of nitrogens with one attached hydrogen (secondary N) is 1. The van der Waals surface area contributed by atoms with E-state index in [2.05, 4.69) is 11.5 Å². The van der Waals surface area contributed by atoms with Crippen molar-refractivity contribution < 1.29 is 9.13 Å². The number of nitrogens with two attached hydrogens (primary N) is 1. The maximum absolute atomic E-state index is 14.0. The highest BCUT2D eigenvalue weighted by molar-refractivity contribution is 5.41. The second kappa shape index (κ2) is 5.98. The maximum atomic E-state index is 14.0. The number of hydrogen-bond acceptors (Lipinski definition) is 3. The molecule has 0 saturated heterocycles. The quantitative estimate of drug-likeness (QED) is 0.491. The van der Waals surface area contributed by atoms with E-state index in [1.165, 1.54) is 12.5 Å². The summed E-state index contributed by atoms with van der Waals surface area (Å²) in [6.45, 7) is 0. The van der Waals surface area contributed by atoms with Crippen molar-refractivity contribution in [2.45, 2.75) is 31.7 Å². The lowest BCUT2D eigenvalue weighted by atomic mass is 9.89. The summed E-state index contributed by atoms with van der Waals surface area (Å²) in [5, 5.41) is 0. The molecule has 0 bridgehead atoms. The van der Waals surface area contributed by atoms with E-state index in [4.69, 9.17) is 10.6 Å². The zero-order valence-corrected chi connectivity index (χ0v) is 10.6. The van der Waals surface area contributed by atoms with Crippen molar-refractivity contribution in [1.29, 1.82) is 0 Å². The van der Waals surface area contributed by atoms with Crippen molar-refractivity contribution in [1.82, 2.24) is 5.43 Å². The lowest BCUT2D eigenvalue weighted by Gasteiger charge is -2.24. The number of ether oxygens (including phenoxy) is 1. The Balaban J connectivity index is 2.40. The van der Waals surface area contributed by atoms with Gasteiger partial charge in [0.25, 0.3) is 0 Å². The monoisotopic (exact) mass is 250 g/mol. The Morgan fingerprint density at radius 1 is 1.39 bits per heavy atom. The summed E-state index contributed by atoms with van der Waals surface area (Å²) >= 11 is 0. The van der Waals surface area contributed by atoms with E-state index in [1.54, 1.807) is 19.2 Å². The molecule has 1 aromatic carbocycles. The van der Waals surface area contributed by atoms with Crippen molar-refractivity contribution in [2.24, 2.45) is 5.84 Å². The molecule has 0 aliphatic heterocycles. The van der Waals surface area contributed by atoms with E-state index in [0.29, 0.717) is 11.3 Å². The Hall–Kier alpha value is -1.39. The van der Waals surface area contributed by atoms with Gasteiger partial charge in [-0.25, -0.2) is 9.82 Å². The molecule has 0 amide bonds. The Morgan fingerprint density at radius 3 is 2.83 bits per heavy atom. The molecular formula is C14H19FN2O. The van der Waals surface area contributed by atoms with E-state index >= 15 is 0 Å². The zero-order valence-electron chi connectivity index (χ0n) is 10.6. The summed E-state index contributed by atoms with van der Waals surface area (Å²) in [6, 6.07) is 4.53. The van der Waals surface area contributed by atoms with Gasteiger partial charge in [0, 0.05) is 0 Å². The van der Waals surface area contributed by atoms with E-state index in [9.17, 15) is 4.39 Å². The Kier molecular flexibility index (Phi) is 4.33. The number of hydrazine groups is 1. The first-order chi connectivity index (χ1) is 8.77. The van der Waals surface area contributed by atoms with Gasteiger partial charge in [0.15, 0.2) is 0 Å². The molecule has 4 heteroatoms. The molecule has 3 N–H and O–H groups in total. The minimum atomic E-state index is -0.304. The van der Waals surface area contributed by atoms with Crippen LogP contribution in [0.3, 0.4) is 0 Å². The minimum absolute atomic E-state index is 0.288. The SMILES string of the molecule is COc1cccc(F)c1C(NN)C1=CCCCC1. The molecule has 0 saturated carbocycles. The first-order valence-electron chi connectivity index (χ1n) is 6.25. The van der Waals surface area contributed by atoms with Crippen LogP contribution in [0.5, 0.6) is 5.75 Å². The summed E-state index contributed by atoms with van der Waals surface area (Å²) in [5.74, 6) is 5.86. The molecule has 98 valence electrons. The summed E-state index contributed by atoms with van der Waals surface area (Å²) in [5.41, 5.74) is 4.36. The summed E-state index contributed by atoms with van der Waals surface area (Å²) < 4.78 is 19.3. The van der Waals surface area contributed by atoms with Gasteiger partial charge in [-0.1, -0.05) is 17.7 Å². The molecule has 2 rings (SSSR count). The molecular weight excluding hydrogens is 231 g/mol. The van der Waals surface area contributed by atoms with Crippen LogP contribution < -0.4 is 16.0 Å². The van der Waals surface area contributed by atoms with Crippen molar-refractivity contribution in [3.63, 3.8) is 0 Å². The molecule has 1 aliphatic carbocycles. The van der Waals surface area contributed by atoms with Crippen LogP contribution in [0.2, 0.25) is 0 Å². The van der Waals surface area contributed by atoms with Gasteiger partial charge in [0.1, 0.15) is 11.6 Å². The maximum Gasteiger partial charge on any atom is 0.132 e. The topological polar surface area (TPSA) is 47.3 Å². The summed E-state index contributed by atoms with van der Waals surface area (Å²) in [7, 11) is 1.54. The normalized spacial score (nSPS) is 17.2. The van der Waals surface area contributed by atoms with Gasteiger partial charge < -0.3 is 4.74 Å². The summed E-state index contributed by atoms with van der Waals surface area (Å²) in [4.78, 5) is 0. The third kappa shape index (κ3) is 2.54. The van der Waals surface area contributed by atoms with Crippen LogP contribution in [-0.2, 0) is 0 Å². The van der Waals surface area contributed by atoms with Crippen molar-refractivity contribution in [3.05, 3.63) is 41.2 Å². The van der Waals surface area contributed by atoms with Crippen LogP contribution in [0, 0.1) is 5.82 Å². The second-order valence-electron chi connectivity index (χ2n) is 4.48. The molecule has 0 spiro atoms. The highest BCUT2D eigenvalue weighted by Crippen LogP contribution is 2.35. The Morgan fingerprint density at radius 2 is 2.22 bits per heavy atom. The van der Waals surface area contributed by atoms with Gasteiger partial charge >= 0.3 is 0 Å². The van der Waals surface area contributed by atoms with Crippen LogP contribution >= 0.6 is 0 Å². The number of halogens is 1. The molecule has 0 heterocycles. The van der Waals surface area contributed by atoms with Gasteiger partial charge in [-0.2, -0.15) is 0 Å². The molecule has 0 fully saturated rings. The number of allylic oxidation sites excluding steroid dienone is 1. The van der Waals surface area contributed by atoms with Crippen LogP contribution in [0.4, 0.5) is 4.39 Å². The van der Waals surface area contributed by atoms with Gasteiger partial charge in [-0.3, -0.25) is 5.84 Å². The molecule has 0 radical (unpaired) electrons. The van der Waals surface area contributed by atoms with Gasteiger partial charge in [-0.05, 0) is 37.8 Å². The molecule has 1 unspecified atom stereocenters. The molecule has 1 aromatic rings. The highest BCUT2D eigenvalue weighted by atomic mass is 19.1. The van der Waals surface area contributed by atoms with Crippen LogP contribution in [0.15, 0.2) is 29.8 Å². The fourth-order valence-electron chi connectivity index (χ4n) is 2.48. The third-order valence-electron chi connectivity index (χ3n) is 3.39. The Labute approximate surface area is 107 Å². The molecule has 1 aliphatic rings. The number of hydrogen-bond donors (Lipinski definition) is 2. The van der Waals surface area contributed by atoms with Crippen LogP contribution in [0.1, 0.15) is 37.3 Å². The van der Waals surface area contributed by atoms with Crippen molar-refractivity contribution in [2.75, 3.05) is 7.11 Å². The smallest absolute Gasteiger partial charge is 0.132 e. The second-order valence-corrected chi connectivity index (χ2v) is 4.48. The van der Waals surface area contributed by atoms with Crippen LogP contribution in [-0.4, -0.2) is 7.11 Å². The number of rotatable bonds is 4. The average Bonchev–Trinajstić information content (AvgIpc) is 2.42. The van der Waals surface area contributed by atoms with Crippen LogP contribution in [0.25, 0.3) is 0 Å². The fraction of sp³-hybridized carbons (Fsp3) is 0.429. The van der Waals surface area contributed by atoms with Gasteiger partial charge in [-0.15, -0.1) is 0 Å². The van der Waals surface area contributed by atoms with Gasteiger partial charge in [0.2, 0.25) is 0 Å². The highest BCUT2D eigenvalue weighted by Gasteiger charge is 2.23. The Bertz CT molecular complexity index is 445. The average molecular weight is 250 g/mol. The number of benzene rings is 1.